The van der Waals surface area contributed by atoms with Gasteiger partial charge in [0.1, 0.15) is 12.4 Å². The Bertz CT molecular complexity index is 971. The fourth-order valence-corrected chi connectivity index (χ4v) is 3.93. The van der Waals surface area contributed by atoms with Crippen molar-refractivity contribution in [3.05, 3.63) is 77.9 Å². The molecule has 1 heterocycles. The molecule has 0 fully saturated rings. The summed E-state index contributed by atoms with van der Waals surface area (Å²) in [5.41, 5.74) is 4.71. The van der Waals surface area contributed by atoms with E-state index in [0.717, 1.165) is 41.3 Å². The maximum atomic E-state index is 6.34. The molecule has 0 aliphatic carbocycles. The molecule has 3 aromatic carbocycles. The van der Waals surface area contributed by atoms with Crippen LogP contribution in [-0.4, -0.2) is 38.8 Å². The standard InChI is InChI=1S/C25H27NO3/c1-26-16-19-14-24(27-2)25(28-3)15-22(19)21-11-7-8-12-23(21)29-17-20(26)13-18-9-5-4-6-10-18/h4-12,14-15,20H,13,16-17H2,1-3H3/t20-/m0/s1. The maximum absolute atomic E-state index is 6.34. The SMILES string of the molecule is COc1cc2c(cc1OC)-c1ccccc1OC[C@H](Cc1ccccc1)N(C)C2. The van der Waals surface area contributed by atoms with Crippen LogP contribution in [0.3, 0.4) is 0 Å². The lowest BCUT2D eigenvalue weighted by atomic mass is 9.97. The van der Waals surface area contributed by atoms with Crippen LogP contribution in [0.15, 0.2) is 66.7 Å². The van der Waals surface area contributed by atoms with Crippen LogP contribution >= 0.6 is 0 Å². The summed E-state index contributed by atoms with van der Waals surface area (Å²) >= 11 is 0. The highest BCUT2D eigenvalue weighted by Gasteiger charge is 2.23. The Morgan fingerprint density at radius 2 is 1.59 bits per heavy atom. The van der Waals surface area contributed by atoms with Crippen molar-refractivity contribution in [2.24, 2.45) is 0 Å². The predicted octanol–water partition coefficient (Wildman–Crippen LogP) is 4.81. The minimum absolute atomic E-state index is 0.254. The highest BCUT2D eigenvalue weighted by Crippen LogP contribution is 2.40. The van der Waals surface area contributed by atoms with Crippen molar-refractivity contribution in [3.63, 3.8) is 0 Å². The van der Waals surface area contributed by atoms with Crippen molar-refractivity contribution in [1.82, 2.24) is 4.90 Å². The Balaban J connectivity index is 1.78. The van der Waals surface area contributed by atoms with Gasteiger partial charge in [-0.2, -0.15) is 0 Å². The molecule has 0 saturated carbocycles. The van der Waals surface area contributed by atoms with E-state index in [9.17, 15) is 0 Å². The van der Waals surface area contributed by atoms with Gasteiger partial charge in [-0.3, -0.25) is 4.90 Å². The predicted molar refractivity (Wildman–Crippen MR) is 116 cm³/mol. The van der Waals surface area contributed by atoms with Crippen LogP contribution in [0.4, 0.5) is 0 Å². The molecule has 0 bridgehead atoms. The van der Waals surface area contributed by atoms with Crippen LogP contribution in [0.1, 0.15) is 11.1 Å². The molecular weight excluding hydrogens is 362 g/mol. The molecule has 150 valence electrons. The van der Waals surface area contributed by atoms with Gasteiger partial charge in [-0.05, 0) is 48.4 Å². The van der Waals surface area contributed by atoms with E-state index in [4.69, 9.17) is 14.2 Å². The average Bonchev–Trinajstić information content (AvgIpc) is 2.81. The number of likely N-dealkylation sites (N-methyl/N-ethyl adjacent to an activating group) is 1. The lowest BCUT2D eigenvalue weighted by molar-refractivity contribution is 0.156. The molecule has 0 unspecified atom stereocenters. The number of hydrogen-bond donors (Lipinski definition) is 0. The molecule has 4 heteroatoms. The largest absolute Gasteiger partial charge is 0.493 e. The van der Waals surface area contributed by atoms with E-state index >= 15 is 0 Å². The number of methoxy groups -OCH3 is 2. The summed E-state index contributed by atoms with van der Waals surface area (Å²) < 4.78 is 17.5. The number of hydrogen-bond acceptors (Lipinski definition) is 4. The fraction of sp³-hybridized carbons (Fsp3) is 0.280. The van der Waals surface area contributed by atoms with Gasteiger partial charge >= 0.3 is 0 Å². The van der Waals surface area contributed by atoms with Crippen LogP contribution < -0.4 is 14.2 Å². The maximum Gasteiger partial charge on any atom is 0.161 e. The minimum Gasteiger partial charge on any atom is -0.493 e. The van der Waals surface area contributed by atoms with Gasteiger partial charge in [-0.25, -0.2) is 0 Å². The van der Waals surface area contributed by atoms with Gasteiger partial charge < -0.3 is 14.2 Å². The topological polar surface area (TPSA) is 30.9 Å². The number of para-hydroxylation sites is 1. The molecule has 0 N–H and O–H groups in total. The first kappa shape index (κ1) is 19.3. The zero-order valence-electron chi connectivity index (χ0n) is 17.2. The van der Waals surface area contributed by atoms with Gasteiger partial charge in [0.05, 0.1) is 14.2 Å². The second kappa shape index (κ2) is 8.58. The first-order valence-electron chi connectivity index (χ1n) is 9.91. The molecular formula is C25H27NO3. The lowest BCUT2D eigenvalue weighted by Gasteiger charge is -2.28. The zero-order valence-corrected chi connectivity index (χ0v) is 17.2. The van der Waals surface area contributed by atoms with Crippen LogP contribution in [0, 0.1) is 0 Å². The van der Waals surface area contributed by atoms with Gasteiger partial charge in [-0.1, -0.05) is 48.5 Å². The minimum atomic E-state index is 0.254. The number of rotatable bonds is 4. The van der Waals surface area contributed by atoms with Gasteiger partial charge in [0.25, 0.3) is 0 Å². The van der Waals surface area contributed by atoms with E-state index in [1.807, 2.05) is 18.2 Å². The Kier molecular flexibility index (Phi) is 5.72. The summed E-state index contributed by atoms with van der Waals surface area (Å²) in [6.07, 6.45) is 0.933. The van der Waals surface area contributed by atoms with Gasteiger partial charge in [0.15, 0.2) is 11.5 Å². The number of fused-ring (bicyclic) bond motifs is 3. The Hall–Kier alpha value is -2.98. The smallest absolute Gasteiger partial charge is 0.161 e. The monoisotopic (exact) mass is 389 g/mol. The summed E-state index contributed by atoms with van der Waals surface area (Å²) in [6, 6.07) is 23.2. The Labute approximate surface area is 172 Å². The number of nitrogens with zero attached hydrogens (tertiary/aromatic N) is 1. The third-order valence-electron chi connectivity index (χ3n) is 5.58. The van der Waals surface area contributed by atoms with Crippen molar-refractivity contribution in [2.75, 3.05) is 27.9 Å². The molecule has 0 aromatic heterocycles. The quantitative estimate of drug-likeness (QED) is 0.641. The summed E-state index contributed by atoms with van der Waals surface area (Å²) in [6.45, 7) is 1.43. The second-order valence-electron chi connectivity index (χ2n) is 7.43. The van der Waals surface area contributed by atoms with Crippen molar-refractivity contribution in [3.8, 4) is 28.4 Å². The molecule has 1 aliphatic heterocycles. The third kappa shape index (κ3) is 4.08. The number of benzene rings is 3. The van der Waals surface area contributed by atoms with Crippen molar-refractivity contribution in [1.29, 1.82) is 0 Å². The van der Waals surface area contributed by atoms with Gasteiger partial charge in [0.2, 0.25) is 0 Å². The van der Waals surface area contributed by atoms with Crippen LogP contribution in [0.2, 0.25) is 0 Å². The molecule has 4 nitrogen and oxygen atoms in total. The highest BCUT2D eigenvalue weighted by molar-refractivity contribution is 5.76. The first-order chi connectivity index (χ1) is 14.2. The van der Waals surface area contributed by atoms with Gasteiger partial charge in [0, 0.05) is 18.2 Å². The van der Waals surface area contributed by atoms with E-state index in [0.29, 0.717) is 6.61 Å². The van der Waals surface area contributed by atoms with Crippen molar-refractivity contribution in [2.45, 2.75) is 19.0 Å². The Morgan fingerprint density at radius 3 is 2.34 bits per heavy atom. The molecule has 1 aliphatic rings. The summed E-state index contributed by atoms with van der Waals surface area (Å²) in [4.78, 5) is 2.36. The molecule has 1 atom stereocenters. The average molecular weight is 389 g/mol. The lowest BCUT2D eigenvalue weighted by Crippen LogP contribution is -2.37. The van der Waals surface area contributed by atoms with E-state index in [2.05, 4.69) is 60.5 Å². The normalized spacial score (nSPS) is 16.4. The highest BCUT2D eigenvalue weighted by atomic mass is 16.5. The molecule has 0 radical (unpaired) electrons. The van der Waals surface area contributed by atoms with Crippen LogP contribution in [-0.2, 0) is 13.0 Å². The van der Waals surface area contributed by atoms with E-state index in [1.54, 1.807) is 14.2 Å². The van der Waals surface area contributed by atoms with Crippen molar-refractivity contribution < 1.29 is 14.2 Å². The molecule has 29 heavy (non-hydrogen) atoms. The molecule has 0 saturated heterocycles. The summed E-state index contributed by atoms with van der Waals surface area (Å²) in [5, 5.41) is 0. The summed E-state index contributed by atoms with van der Waals surface area (Å²) in [5.74, 6) is 2.37. The number of ether oxygens (including phenoxy) is 3. The van der Waals surface area contributed by atoms with Crippen LogP contribution in [0.25, 0.3) is 11.1 Å². The van der Waals surface area contributed by atoms with E-state index in [-0.39, 0.29) is 6.04 Å². The molecule has 3 aromatic rings. The zero-order chi connectivity index (χ0) is 20.2. The van der Waals surface area contributed by atoms with Crippen molar-refractivity contribution >= 4 is 0 Å². The molecule has 0 amide bonds. The van der Waals surface area contributed by atoms with E-state index in [1.165, 1.54) is 11.1 Å². The first-order valence-corrected chi connectivity index (χ1v) is 9.91. The molecule has 0 spiro atoms. The van der Waals surface area contributed by atoms with Gasteiger partial charge in [-0.15, -0.1) is 0 Å². The Morgan fingerprint density at radius 1 is 0.897 bits per heavy atom. The van der Waals surface area contributed by atoms with E-state index < -0.39 is 0 Å². The second-order valence-corrected chi connectivity index (χ2v) is 7.43. The summed E-state index contributed by atoms with van der Waals surface area (Å²) in [7, 11) is 5.51. The fourth-order valence-electron chi connectivity index (χ4n) is 3.93. The van der Waals surface area contributed by atoms with Crippen LogP contribution in [0.5, 0.6) is 17.2 Å². The third-order valence-corrected chi connectivity index (χ3v) is 5.58. The molecule has 4 rings (SSSR count).